The number of hydrogen-bond acceptors (Lipinski definition) is 4. The van der Waals surface area contributed by atoms with E-state index in [-0.39, 0.29) is 43.5 Å². The summed E-state index contributed by atoms with van der Waals surface area (Å²) in [7, 11) is 0. The van der Waals surface area contributed by atoms with Crippen molar-refractivity contribution in [1.29, 1.82) is 0 Å². The van der Waals surface area contributed by atoms with Crippen LogP contribution < -0.4 is 25.9 Å². The summed E-state index contributed by atoms with van der Waals surface area (Å²) in [5.41, 5.74) is 7.29. The van der Waals surface area contributed by atoms with E-state index in [1.807, 2.05) is 78.9 Å². The summed E-state index contributed by atoms with van der Waals surface area (Å²) in [6.45, 7) is -6.75. The Morgan fingerprint density at radius 3 is 2.31 bits per heavy atom. The quantitative estimate of drug-likeness (QED) is 0.133. The molecule has 4 nitrogen and oxygen atoms in total. The summed E-state index contributed by atoms with van der Waals surface area (Å²) in [5.74, 6) is 2.96. The average molecular weight is 820 g/mol. The van der Waals surface area contributed by atoms with Gasteiger partial charge in [0.05, 0.1) is 0 Å². The number of fused-ring (bicyclic) bond motifs is 4. The fraction of sp³-hybridized carbons (Fsp3) is 0.0698. The van der Waals surface area contributed by atoms with Gasteiger partial charge in [0, 0.05) is 56.0 Å². The van der Waals surface area contributed by atoms with Gasteiger partial charge in [0.1, 0.15) is 17.2 Å². The Morgan fingerprint density at radius 1 is 0.673 bits per heavy atom. The third-order valence-electron chi connectivity index (χ3n) is 8.36. The molecule has 0 saturated carbocycles. The molecular formula is C43H31BIrN2O2-2. The van der Waals surface area contributed by atoms with Crippen LogP contribution in [-0.4, -0.2) is 16.7 Å². The maximum absolute atomic E-state index is 7.76. The Kier molecular flexibility index (Phi) is 6.46. The standard InChI is InChI=1S/C24H15BNO2.C19H16N.Ir/c1-15-12-13-26-19(14-15)16-6-4-8-18-24(16)28-22-11-5-10-21-23(22)25(18)17-7-2-3-9-20(17)27-21;1-14-8-10-17(11-9-14)19-12-18(15(2)13-20-19)16-6-4-3-5-7-16;/h2-5,7-14H,1H3;3-10,12-13H,1-2H3;/q2*-1;/i1D3;1D3,2D3;. The number of hydrogen-bond donors (Lipinski definition) is 0. The van der Waals surface area contributed by atoms with E-state index in [0.29, 0.717) is 33.8 Å². The van der Waals surface area contributed by atoms with Crippen molar-refractivity contribution < 1.29 is 41.9 Å². The van der Waals surface area contributed by atoms with Crippen molar-refractivity contribution in [2.75, 3.05) is 0 Å². The van der Waals surface area contributed by atoms with Crippen LogP contribution in [0.1, 0.15) is 29.0 Å². The first-order valence-corrected chi connectivity index (χ1v) is 15.3. The molecule has 4 heterocycles. The third-order valence-corrected chi connectivity index (χ3v) is 8.36. The molecule has 0 saturated heterocycles. The molecule has 0 N–H and O–H groups in total. The zero-order valence-electron chi connectivity index (χ0n) is 34.8. The molecule has 2 aliphatic rings. The molecule has 0 unspecified atom stereocenters. The Balaban J connectivity index is 0.000000177. The number of ether oxygens (including phenoxy) is 2. The van der Waals surface area contributed by atoms with E-state index in [2.05, 4.69) is 28.2 Å². The molecular weight excluding hydrogens is 780 g/mol. The van der Waals surface area contributed by atoms with Crippen molar-refractivity contribution in [2.24, 2.45) is 0 Å². The molecule has 6 heteroatoms. The second kappa shape index (κ2) is 13.7. The van der Waals surface area contributed by atoms with Crippen LogP contribution in [0.25, 0.3) is 33.6 Å². The van der Waals surface area contributed by atoms with E-state index in [9.17, 15) is 0 Å². The van der Waals surface area contributed by atoms with Crippen LogP contribution in [-0.2, 0) is 20.1 Å². The second-order valence-corrected chi connectivity index (χ2v) is 11.4. The van der Waals surface area contributed by atoms with Gasteiger partial charge in [-0.2, -0.15) is 0 Å². The van der Waals surface area contributed by atoms with Crippen LogP contribution in [0.15, 0.2) is 134 Å². The van der Waals surface area contributed by atoms with Crippen LogP contribution in [0.3, 0.4) is 0 Å². The van der Waals surface area contributed by atoms with Crippen LogP contribution in [0.5, 0.6) is 23.0 Å². The Labute approximate surface area is 313 Å². The SMILES string of the molecule is [2H]C([2H])([2H])c1c[c-]c(-c2cc(-c3ccccc3)c(C([2H])([2H])[2H])cn2)cc1.[2H]C([2H])([2H])c1ccnc(-c2[c-]ccc3c2Oc2cccc4c2B3c2ccccc2O4)c1.[Ir]. The van der Waals surface area contributed by atoms with Crippen LogP contribution >= 0.6 is 0 Å². The van der Waals surface area contributed by atoms with E-state index < -0.39 is 20.6 Å². The predicted molar refractivity (Wildman–Crippen MR) is 194 cm³/mol. The van der Waals surface area contributed by atoms with Crippen molar-refractivity contribution in [3.05, 3.63) is 163 Å². The average Bonchev–Trinajstić information content (AvgIpc) is 3.20. The van der Waals surface area contributed by atoms with Gasteiger partial charge in [-0.25, -0.2) is 0 Å². The number of pyridine rings is 2. The first-order valence-electron chi connectivity index (χ1n) is 19.8. The molecule has 2 aliphatic heterocycles. The minimum absolute atomic E-state index is 0. The summed E-state index contributed by atoms with van der Waals surface area (Å²) in [6.07, 6.45) is 2.87. The van der Waals surface area contributed by atoms with Gasteiger partial charge >= 0.3 is 0 Å². The first-order chi connectivity index (χ1) is 27.2. The molecule has 9 rings (SSSR count). The van der Waals surface area contributed by atoms with Crippen molar-refractivity contribution in [1.82, 2.24) is 9.97 Å². The number of benzene rings is 5. The molecule has 0 aliphatic carbocycles. The van der Waals surface area contributed by atoms with Gasteiger partial charge < -0.3 is 19.4 Å². The fourth-order valence-electron chi connectivity index (χ4n) is 6.14. The van der Waals surface area contributed by atoms with E-state index in [1.54, 1.807) is 18.2 Å². The zero-order valence-corrected chi connectivity index (χ0v) is 28.2. The van der Waals surface area contributed by atoms with Gasteiger partial charge in [-0.1, -0.05) is 84.7 Å². The molecule has 2 aromatic heterocycles. The first kappa shape index (κ1) is 23.1. The van der Waals surface area contributed by atoms with E-state index in [0.717, 1.165) is 39.2 Å². The number of para-hydroxylation sites is 1. The maximum atomic E-state index is 7.76. The molecule has 0 amide bonds. The summed E-state index contributed by atoms with van der Waals surface area (Å²) in [4.78, 5) is 8.69. The van der Waals surface area contributed by atoms with Gasteiger partial charge in [0.2, 0.25) is 6.71 Å². The molecule has 0 atom stereocenters. The monoisotopic (exact) mass is 820 g/mol. The number of aromatic nitrogens is 2. The van der Waals surface area contributed by atoms with Gasteiger partial charge in [-0.05, 0) is 71.5 Å². The Morgan fingerprint density at radius 2 is 1.49 bits per heavy atom. The molecule has 0 fully saturated rings. The molecule has 5 aromatic carbocycles. The molecule has 49 heavy (non-hydrogen) atoms. The smallest absolute Gasteiger partial charge is 0.241 e. The van der Waals surface area contributed by atoms with Gasteiger partial charge in [0.25, 0.3) is 0 Å². The van der Waals surface area contributed by atoms with E-state index in [4.69, 9.17) is 21.8 Å². The molecule has 0 spiro atoms. The largest absolute Gasteiger partial charge is 0.503 e. The summed E-state index contributed by atoms with van der Waals surface area (Å²) in [6, 6.07) is 42.4. The molecule has 1 radical (unpaired) electrons. The molecule has 7 aromatic rings. The van der Waals surface area contributed by atoms with Gasteiger partial charge in [0.15, 0.2) is 0 Å². The van der Waals surface area contributed by atoms with Crippen molar-refractivity contribution in [2.45, 2.75) is 20.6 Å². The topological polar surface area (TPSA) is 44.2 Å². The Hall–Kier alpha value is -5.29. The van der Waals surface area contributed by atoms with Crippen LogP contribution in [0.4, 0.5) is 0 Å². The summed E-state index contributed by atoms with van der Waals surface area (Å²) < 4.78 is 81.3. The van der Waals surface area contributed by atoms with E-state index in [1.165, 1.54) is 30.6 Å². The minimum Gasteiger partial charge on any atom is -0.503 e. The van der Waals surface area contributed by atoms with Gasteiger partial charge in [-0.15, -0.1) is 59.1 Å². The van der Waals surface area contributed by atoms with Crippen LogP contribution in [0, 0.1) is 32.7 Å². The fourth-order valence-corrected chi connectivity index (χ4v) is 6.14. The number of nitrogens with zero attached hydrogens (tertiary/aromatic N) is 2. The molecule has 239 valence electrons. The van der Waals surface area contributed by atoms with Crippen molar-refractivity contribution in [3.63, 3.8) is 0 Å². The predicted octanol–water partition coefficient (Wildman–Crippen LogP) is 8.41. The Bertz CT molecular complexity index is 2620. The number of aryl methyl sites for hydroxylation is 3. The maximum Gasteiger partial charge on any atom is 0.241 e. The van der Waals surface area contributed by atoms with E-state index >= 15 is 0 Å². The number of rotatable bonds is 3. The third kappa shape index (κ3) is 6.22. The van der Waals surface area contributed by atoms with Crippen molar-refractivity contribution >= 4 is 23.1 Å². The summed E-state index contributed by atoms with van der Waals surface area (Å²) in [5, 5.41) is 0. The second-order valence-electron chi connectivity index (χ2n) is 11.4. The summed E-state index contributed by atoms with van der Waals surface area (Å²) >= 11 is 0. The zero-order chi connectivity index (χ0) is 40.1. The van der Waals surface area contributed by atoms with Crippen LogP contribution in [0.2, 0.25) is 0 Å². The van der Waals surface area contributed by atoms with Crippen molar-refractivity contribution in [3.8, 4) is 56.6 Å². The molecule has 0 bridgehead atoms. The minimum atomic E-state index is -2.29. The van der Waals surface area contributed by atoms with Gasteiger partial charge in [-0.3, -0.25) is 0 Å². The normalized spacial score (nSPS) is 15.2.